The molecule has 0 aliphatic heterocycles. The quantitative estimate of drug-likeness (QED) is 0.410. The van der Waals surface area contributed by atoms with Gasteiger partial charge in [0.05, 0.1) is 0 Å². The summed E-state index contributed by atoms with van der Waals surface area (Å²) in [4.78, 5) is 13.1. The second kappa shape index (κ2) is 10.3. The van der Waals surface area contributed by atoms with Crippen LogP contribution in [0, 0.1) is 0 Å². The van der Waals surface area contributed by atoms with E-state index in [4.69, 9.17) is 9.47 Å². The van der Waals surface area contributed by atoms with E-state index >= 15 is 0 Å². The van der Waals surface area contributed by atoms with E-state index in [-0.39, 0.29) is 5.78 Å². The van der Waals surface area contributed by atoms with Crippen molar-refractivity contribution in [2.24, 2.45) is 0 Å². The number of benzene rings is 2. The summed E-state index contributed by atoms with van der Waals surface area (Å²) >= 11 is 0. The third-order valence-electron chi connectivity index (χ3n) is 4.69. The molecule has 3 nitrogen and oxygen atoms in total. The Balaban J connectivity index is 1.88. The highest BCUT2D eigenvalue weighted by Gasteiger charge is 2.21. The van der Waals surface area contributed by atoms with Gasteiger partial charge in [-0.2, -0.15) is 0 Å². The van der Waals surface area contributed by atoms with Crippen LogP contribution in [0.2, 0.25) is 0 Å². The standard InChI is InChI=1S/C26H26O3/c1-3-16-28-24-14-7-5-10-20(24)18-22-12-9-13-23(26(22)27)19-21-11-6-8-15-25(21)29-17-4-2/h3-8,10-11,14-15,18-19H,1-2,9,12-13,16-17H2/b22-18-,23-19-. The second-order valence-electron chi connectivity index (χ2n) is 6.80. The predicted molar refractivity (Wildman–Crippen MR) is 119 cm³/mol. The molecule has 148 valence electrons. The minimum absolute atomic E-state index is 0.0910. The summed E-state index contributed by atoms with van der Waals surface area (Å²) in [6, 6.07) is 15.5. The molecule has 0 atom stereocenters. The largest absolute Gasteiger partial charge is 0.489 e. The molecule has 0 heterocycles. The highest BCUT2D eigenvalue weighted by atomic mass is 16.5. The van der Waals surface area contributed by atoms with Crippen LogP contribution in [0.5, 0.6) is 11.5 Å². The van der Waals surface area contributed by atoms with E-state index in [1.54, 1.807) is 12.2 Å². The number of rotatable bonds is 8. The van der Waals surface area contributed by atoms with Crippen LogP contribution in [-0.4, -0.2) is 19.0 Å². The Hall–Kier alpha value is -3.33. The lowest BCUT2D eigenvalue weighted by atomic mass is 9.86. The van der Waals surface area contributed by atoms with E-state index in [0.29, 0.717) is 13.2 Å². The average molecular weight is 386 g/mol. The highest BCUT2D eigenvalue weighted by molar-refractivity contribution is 6.14. The molecule has 3 heteroatoms. The molecule has 0 N–H and O–H groups in total. The molecule has 0 spiro atoms. The van der Waals surface area contributed by atoms with E-state index in [9.17, 15) is 4.79 Å². The Morgan fingerprint density at radius 2 is 1.21 bits per heavy atom. The van der Waals surface area contributed by atoms with E-state index in [1.807, 2.05) is 60.7 Å². The van der Waals surface area contributed by atoms with E-state index in [2.05, 4.69) is 13.2 Å². The fourth-order valence-corrected chi connectivity index (χ4v) is 3.31. The lowest BCUT2D eigenvalue weighted by Gasteiger charge is -2.18. The number of Topliss-reactive ketones (excluding diaryl/α,β-unsaturated/α-hetero) is 1. The number of allylic oxidation sites excluding steroid dienone is 2. The molecule has 0 unspecified atom stereocenters. The van der Waals surface area contributed by atoms with Crippen LogP contribution in [0.1, 0.15) is 30.4 Å². The molecule has 1 saturated carbocycles. The molecule has 0 saturated heterocycles. The first-order valence-corrected chi connectivity index (χ1v) is 9.84. The Morgan fingerprint density at radius 1 is 0.759 bits per heavy atom. The summed E-state index contributed by atoms with van der Waals surface area (Å²) in [5, 5.41) is 0. The fourth-order valence-electron chi connectivity index (χ4n) is 3.31. The normalized spacial score (nSPS) is 16.6. The van der Waals surface area contributed by atoms with Gasteiger partial charge in [0.15, 0.2) is 5.78 Å². The van der Waals surface area contributed by atoms with Crippen molar-refractivity contribution in [3.63, 3.8) is 0 Å². The molecule has 0 aromatic heterocycles. The predicted octanol–water partition coefficient (Wildman–Crippen LogP) is 6.04. The smallest absolute Gasteiger partial charge is 0.185 e. The van der Waals surface area contributed by atoms with Gasteiger partial charge >= 0.3 is 0 Å². The van der Waals surface area contributed by atoms with Crippen molar-refractivity contribution in [3.8, 4) is 11.5 Å². The average Bonchev–Trinajstić information content (AvgIpc) is 2.75. The molecular weight excluding hydrogens is 360 g/mol. The zero-order valence-corrected chi connectivity index (χ0v) is 16.6. The zero-order valence-electron chi connectivity index (χ0n) is 16.6. The zero-order chi connectivity index (χ0) is 20.5. The van der Waals surface area contributed by atoms with Crippen LogP contribution >= 0.6 is 0 Å². The maximum absolute atomic E-state index is 13.1. The van der Waals surface area contributed by atoms with Gasteiger partial charge in [-0.05, 0) is 43.5 Å². The van der Waals surface area contributed by atoms with Gasteiger partial charge in [-0.3, -0.25) is 4.79 Å². The van der Waals surface area contributed by atoms with Gasteiger partial charge in [-0.1, -0.05) is 61.7 Å². The Kier molecular flexibility index (Phi) is 7.23. The third kappa shape index (κ3) is 5.35. The minimum Gasteiger partial charge on any atom is -0.489 e. The lowest BCUT2D eigenvalue weighted by Crippen LogP contribution is -2.12. The Labute approximate surface area is 172 Å². The van der Waals surface area contributed by atoms with E-state index < -0.39 is 0 Å². The molecule has 2 aromatic rings. The number of carbonyl (C=O) groups excluding carboxylic acids is 1. The maximum Gasteiger partial charge on any atom is 0.185 e. The number of carbonyl (C=O) groups is 1. The second-order valence-corrected chi connectivity index (χ2v) is 6.80. The first-order valence-electron chi connectivity index (χ1n) is 9.84. The van der Waals surface area contributed by atoms with Crippen molar-refractivity contribution >= 4 is 17.9 Å². The van der Waals surface area contributed by atoms with Crippen molar-refractivity contribution in [2.75, 3.05) is 13.2 Å². The SMILES string of the molecule is C=CCOc1ccccc1/C=C1/CCC/C(=C/c2ccccc2OCC=C)C1=O. The maximum atomic E-state index is 13.1. The topological polar surface area (TPSA) is 35.5 Å². The van der Waals surface area contributed by atoms with E-state index in [1.165, 1.54) is 0 Å². The van der Waals surface area contributed by atoms with Crippen LogP contribution in [0.25, 0.3) is 12.2 Å². The van der Waals surface area contributed by atoms with E-state index in [0.717, 1.165) is 53.0 Å². The Morgan fingerprint density at radius 3 is 1.66 bits per heavy atom. The summed E-state index contributed by atoms with van der Waals surface area (Å²) < 4.78 is 11.5. The fraction of sp³-hybridized carbons (Fsp3) is 0.192. The number of ether oxygens (including phenoxy) is 2. The van der Waals surface area contributed by atoms with Crippen molar-refractivity contribution in [2.45, 2.75) is 19.3 Å². The van der Waals surface area contributed by atoms with Crippen LogP contribution in [0.15, 0.2) is 85.0 Å². The van der Waals surface area contributed by atoms with Crippen molar-refractivity contribution in [1.82, 2.24) is 0 Å². The monoisotopic (exact) mass is 386 g/mol. The molecule has 1 aliphatic carbocycles. The summed E-state index contributed by atoms with van der Waals surface area (Å²) in [6.07, 6.45) is 9.79. The molecule has 0 amide bonds. The van der Waals surface area contributed by atoms with Crippen molar-refractivity contribution in [3.05, 3.63) is 96.1 Å². The third-order valence-corrected chi connectivity index (χ3v) is 4.69. The summed E-state index contributed by atoms with van der Waals surface area (Å²) in [6.45, 7) is 8.24. The van der Waals surface area contributed by atoms with Crippen LogP contribution in [0.4, 0.5) is 0 Å². The van der Waals surface area contributed by atoms with Gasteiger partial charge < -0.3 is 9.47 Å². The van der Waals surface area contributed by atoms with Crippen LogP contribution < -0.4 is 9.47 Å². The first-order chi connectivity index (χ1) is 14.2. The van der Waals surface area contributed by atoms with Crippen LogP contribution in [-0.2, 0) is 4.79 Å². The van der Waals surface area contributed by atoms with Gasteiger partial charge in [-0.25, -0.2) is 0 Å². The number of para-hydroxylation sites is 2. The van der Waals surface area contributed by atoms with Crippen LogP contribution in [0.3, 0.4) is 0 Å². The molecule has 3 rings (SSSR count). The number of hydrogen-bond donors (Lipinski definition) is 0. The molecule has 29 heavy (non-hydrogen) atoms. The minimum atomic E-state index is 0.0910. The molecule has 1 aliphatic rings. The van der Waals surface area contributed by atoms with Gasteiger partial charge in [-0.15, -0.1) is 0 Å². The van der Waals surface area contributed by atoms with Gasteiger partial charge in [0, 0.05) is 22.3 Å². The van der Waals surface area contributed by atoms with Crippen molar-refractivity contribution < 1.29 is 14.3 Å². The summed E-state index contributed by atoms with van der Waals surface area (Å²) in [7, 11) is 0. The molecule has 1 fully saturated rings. The van der Waals surface area contributed by atoms with Gasteiger partial charge in [0.1, 0.15) is 24.7 Å². The number of hydrogen-bond acceptors (Lipinski definition) is 3. The van der Waals surface area contributed by atoms with Crippen molar-refractivity contribution in [1.29, 1.82) is 0 Å². The lowest BCUT2D eigenvalue weighted by molar-refractivity contribution is -0.112. The molecule has 2 aromatic carbocycles. The first kappa shape index (κ1) is 20.4. The Bertz CT molecular complexity index is 874. The van der Waals surface area contributed by atoms with Gasteiger partial charge in [0.25, 0.3) is 0 Å². The summed E-state index contributed by atoms with van der Waals surface area (Å²) in [5.74, 6) is 1.60. The van der Waals surface area contributed by atoms with Gasteiger partial charge in [0.2, 0.25) is 0 Å². The molecular formula is C26H26O3. The number of ketones is 1. The highest BCUT2D eigenvalue weighted by Crippen LogP contribution is 2.31. The molecule has 0 bridgehead atoms. The summed E-state index contributed by atoms with van der Waals surface area (Å²) in [5.41, 5.74) is 3.44. The molecule has 0 radical (unpaired) electrons.